The maximum Gasteiger partial charge on any atom is 0.105 e. The van der Waals surface area contributed by atoms with Crippen molar-refractivity contribution < 1.29 is 0 Å². The highest BCUT2D eigenvalue weighted by Gasteiger charge is 2.21. The van der Waals surface area contributed by atoms with Crippen molar-refractivity contribution in [3.63, 3.8) is 0 Å². The highest BCUT2D eigenvalue weighted by atomic mass is 15.1. The van der Waals surface area contributed by atoms with Crippen LogP contribution in [0.1, 0.15) is 19.3 Å². The number of nitrogens with one attached hydrogen (secondary N) is 1. The number of nitrogens with two attached hydrogens (primary N) is 1. The molecule has 0 saturated heterocycles. The highest BCUT2D eigenvalue weighted by Crippen LogP contribution is 2.22. The topological polar surface area (TPSA) is 53.1 Å². The van der Waals surface area contributed by atoms with Crippen LogP contribution in [0.3, 0.4) is 0 Å². The number of nitrogens with zero attached hydrogens (tertiary/aromatic N) is 1. The molecule has 0 atom stereocenters. The van der Waals surface area contributed by atoms with Gasteiger partial charge in [-0.15, -0.1) is 0 Å². The van der Waals surface area contributed by atoms with Gasteiger partial charge in [-0.25, -0.2) is 0 Å². The average Bonchev–Trinajstić information content (AvgIpc) is 1.55. The Balaban J connectivity index is 2.19. The maximum atomic E-state index is 7.05. The molecular formula is C7H15N3. The van der Waals surface area contributed by atoms with E-state index in [1.807, 2.05) is 7.05 Å². The van der Waals surface area contributed by atoms with Crippen LogP contribution in [0.2, 0.25) is 0 Å². The molecule has 0 aromatic rings. The van der Waals surface area contributed by atoms with Crippen LogP contribution in [0, 0.1) is 5.41 Å². The van der Waals surface area contributed by atoms with Gasteiger partial charge >= 0.3 is 0 Å². The Morgan fingerprint density at radius 1 is 1.70 bits per heavy atom. The molecular weight excluding hydrogens is 126 g/mol. The fourth-order valence-corrected chi connectivity index (χ4v) is 1.23. The lowest BCUT2D eigenvalue weighted by atomic mass is 9.92. The molecule has 0 radical (unpaired) electrons. The van der Waals surface area contributed by atoms with E-state index >= 15 is 0 Å². The van der Waals surface area contributed by atoms with Crippen LogP contribution in [0.4, 0.5) is 0 Å². The van der Waals surface area contributed by atoms with Gasteiger partial charge in [-0.2, -0.15) is 0 Å². The molecule has 3 N–H and O–H groups in total. The van der Waals surface area contributed by atoms with Gasteiger partial charge in [0, 0.05) is 6.04 Å². The number of amidine groups is 1. The summed E-state index contributed by atoms with van der Waals surface area (Å²) in [7, 11) is 2.03. The van der Waals surface area contributed by atoms with E-state index in [9.17, 15) is 0 Å². The zero-order valence-electron chi connectivity index (χ0n) is 6.43. The summed E-state index contributed by atoms with van der Waals surface area (Å²) in [6.07, 6.45) is 3.90. The van der Waals surface area contributed by atoms with Crippen molar-refractivity contribution in [2.24, 2.45) is 5.73 Å². The van der Waals surface area contributed by atoms with Crippen molar-refractivity contribution in [3.05, 3.63) is 0 Å². The van der Waals surface area contributed by atoms with E-state index in [0.717, 1.165) is 0 Å². The first-order valence-electron chi connectivity index (χ1n) is 3.73. The van der Waals surface area contributed by atoms with E-state index in [0.29, 0.717) is 12.6 Å². The molecule has 58 valence electrons. The van der Waals surface area contributed by atoms with E-state index in [-0.39, 0.29) is 5.84 Å². The molecule has 1 saturated carbocycles. The SMILES string of the molecule is CN(CC(=N)N)C1CCC1. The Morgan fingerprint density at radius 2 is 2.30 bits per heavy atom. The van der Waals surface area contributed by atoms with Crippen molar-refractivity contribution in [1.82, 2.24) is 4.90 Å². The lowest BCUT2D eigenvalue weighted by Gasteiger charge is -2.34. The second-order valence-electron chi connectivity index (χ2n) is 3.03. The third-order valence-corrected chi connectivity index (χ3v) is 2.12. The van der Waals surface area contributed by atoms with Crippen molar-refractivity contribution in [2.75, 3.05) is 13.6 Å². The first-order chi connectivity index (χ1) is 4.70. The standard InChI is InChI=1S/C7H15N3/c1-10(5-7(8)9)6-3-2-4-6/h6H,2-5H2,1H3,(H3,8,9). The first-order valence-corrected chi connectivity index (χ1v) is 3.73. The summed E-state index contributed by atoms with van der Waals surface area (Å²) in [4.78, 5) is 2.16. The van der Waals surface area contributed by atoms with Crippen molar-refractivity contribution in [3.8, 4) is 0 Å². The Hall–Kier alpha value is -0.570. The Morgan fingerprint density at radius 3 is 2.60 bits per heavy atom. The molecule has 1 rings (SSSR count). The Bertz CT molecular complexity index is 129. The summed E-state index contributed by atoms with van der Waals surface area (Å²) in [5.74, 6) is 0.273. The maximum absolute atomic E-state index is 7.05. The molecule has 1 aliphatic carbocycles. The van der Waals surface area contributed by atoms with Crippen molar-refractivity contribution >= 4 is 5.84 Å². The van der Waals surface area contributed by atoms with Gasteiger partial charge in [0.15, 0.2) is 0 Å². The van der Waals surface area contributed by atoms with Gasteiger partial charge < -0.3 is 5.73 Å². The van der Waals surface area contributed by atoms with Gasteiger partial charge in [-0.1, -0.05) is 6.42 Å². The van der Waals surface area contributed by atoms with Crippen LogP contribution in [0.25, 0.3) is 0 Å². The van der Waals surface area contributed by atoms with Crippen LogP contribution < -0.4 is 5.73 Å². The fraction of sp³-hybridized carbons (Fsp3) is 0.857. The second kappa shape index (κ2) is 3.01. The van der Waals surface area contributed by atoms with Crippen molar-refractivity contribution in [1.29, 1.82) is 5.41 Å². The molecule has 3 nitrogen and oxygen atoms in total. The van der Waals surface area contributed by atoms with Gasteiger partial charge in [-0.3, -0.25) is 10.3 Å². The largest absolute Gasteiger partial charge is 0.387 e. The van der Waals surface area contributed by atoms with Gasteiger partial charge in [0.1, 0.15) is 5.84 Å². The molecule has 0 aliphatic heterocycles. The third kappa shape index (κ3) is 1.70. The Kier molecular flexibility index (Phi) is 2.27. The summed E-state index contributed by atoms with van der Waals surface area (Å²) < 4.78 is 0. The second-order valence-corrected chi connectivity index (χ2v) is 3.03. The molecule has 0 aromatic heterocycles. The van der Waals surface area contributed by atoms with E-state index in [1.54, 1.807) is 0 Å². The first kappa shape index (κ1) is 7.54. The summed E-state index contributed by atoms with van der Waals surface area (Å²) in [5, 5.41) is 7.05. The summed E-state index contributed by atoms with van der Waals surface area (Å²) in [5.41, 5.74) is 5.25. The third-order valence-electron chi connectivity index (χ3n) is 2.12. The predicted molar refractivity (Wildman–Crippen MR) is 42.2 cm³/mol. The molecule has 1 fully saturated rings. The normalized spacial score (nSPS) is 19.0. The molecule has 0 amide bonds. The highest BCUT2D eigenvalue weighted by molar-refractivity contribution is 5.78. The van der Waals surface area contributed by atoms with E-state index < -0.39 is 0 Å². The molecule has 3 heteroatoms. The van der Waals surface area contributed by atoms with Gasteiger partial charge in [0.2, 0.25) is 0 Å². The van der Waals surface area contributed by atoms with Gasteiger partial charge in [0.25, 0.3) is 0 Å². The van der Waals surface area contributed by atoms with Crippen LogP contribution in [0.5, 0.6) is 0 Å². The molecule has 0 spiro atoms. The minimum Gasteiger partial charge on any atom is -0.387 e. The summed E-state index contributed by atoms with van der Waals surface area (Å²) >= 11 is 0. The number of likely N-dealkylation sites (N-methyl/N-ethyl adjacent to an activating group) is 1. The molecule has 0 aromatic carbocycles. The van der Waals surface area contributed by atoms with E-state index in [2.05, 4.69) is 4.90 Å². The number of hydrogen-bond donors (Lipinski definition) is 2. The molecule has 0 bridgehead atoms. The zero-order chi connectivity index (χ0) is 7.56. The molecule has 0 heterocycles. The number of rotatable bonds is 3. The fourth-order valence-electron chi connectivity index (χ4n) is 1.23. The number of hydrogen-bond acceptors (Lipinski definition) is 2. The minimum atomic E-state index is 0.273. The smallest absolute Gasteiger partial charge is 0.105 e. The molecule has 0 unspecified atom stereocenters. The lowest BCUT2D eigenvalue weighted by Crippen LogP contribution is -2.41. The van der Waals surface area contributed by atoms with Gasteiger partial charge in [-0.05, 0) is 19.9 Å². The van der Waals surface area contributed by atoms with Crippen LogP contribution in [-0.4, -0.2) is 30.4 Å². The van der Waals surface area contributed by atoms with Gasteiger partial charge in [0.05, 0.1) is 6.54 Å². The monoisotopic (exact) mass is 141 g/mol. The van der Waals surface area contributed by atoms with E-state index in [4.69, 9.17) is 11.1 Å². The minimum absolute atomic E-state index is 0.273. The molecule has 10 heavy (non-hydrogen) atoms. The van der Waals surface area contributed by atoms with Crippen molar-refractivity contribution in [2.45, 2.75) is 25.3 Å². The Labute approximate surface area is 61.7 Å². The lowest BCUT2D eigenvalue weighted by molar-refractivity contribution is 0.179. The van der Waals surface area contributed by atoms with E-state index in [1.165, 1.54) is 19.3 Å². The van der Waals surface area contributed by atoms with Crippen LogP contribution in [0.15, 0.2) is 0 Å². The summed E-state index contributed by atoms with van der Waals surface area (Å²) in [6.45, 7) is 0.630. The average molecular weight is 141 g/mol. The van der Waals surface area contributed by atoms with Crippen LogP contribution in [-0.2, 0) is 0 Å². The summed E-state index contributed by atoms with van der Waals surface area (Å²) in [6, 6.07) is 0.698. The zero-order valence-corrected chi connectivity index (χ0v) is 6.43. The predicted octanol–water partition coefficient (Wildman–Crippen LogP) is 0.407. The molecule has 1 aliphatic rings. The van der Waals surface area contributed by atoms with Crippen LogP contribution >= 0.6 is 0 Å². The quantitative estimate of drug-likeness (QED) is 0.441.